The Bertz CT molecular complexity index is 776. The van der Waals surface area contributed by atoms with Crippen molar-refractivity contribution in [2.45, 2.75) is 25.2 Å². The van der Waals surface area contributed by atoms with Crippen molar-refractivity contribution in [2.75, 3.05) is 13.2 Å². The number of nitrogens with one attached hydrogen (secondary N) is 1. The summed E-state index contributed by atoms with van der Waals surface area (Å²) >= 11 is 1.51. The van der Waals surface area contributed by atoms with Crippen LogP contribution < -0.4 is 4.72 Å². The van der Waals surface area contributed by atoms with Gasteiger partial charge in [-0.3, -0.25) is 0 Å². The van der Waals surface area contributed by atoms with Gasteiger partial charge in [0.2, 0.25) is 10.0 Å². The third-order valence-electron chi connectivity index (χ3n) is 3.78. The molecular weight excluding hydrogens is 360 g/mol. The number of hydrogen-bond donors (Lipinski definition) is 1. The summed E-state index contributed by atoms with van der Waals surface area (Å²) in [6.07, 6.45) is 1.96. The molecule has 2 aromatic rings. The summed E-state index contributed by atoms with van der Waals surface area (Å²) in [7, 11) is -3.59. The van der Waals surface area contributed by atoms with E-state index in [4.69, 9.17) is 9.47 Å². The Kier molecular flexibility index (Phi) is 6.33. The van der Waals surface area contributed by atoms with Crippen molar-refractivity contribution >= 4 is 27.4 Å². The monoisotopic (exact) mass is 380 g/mol. The molecule has 25 heavy (non-hydrogen) atoms. The van der Waals surface area contributed by atoms with Crippen LogP contribution in [0.1, 0.15) is 17.7 Å². The van der Waals surface area contributed by atoms with Gasteiger partial charge in [-0.1, -0.05) is 30.3 Å². The van der Waals surface area contributed by atoms with Crippen molar-refractivity contribution in [3.05, 3.63) is 57.9 Å². The lowest BCUT2D eigenvalue weighted by Gasteiger charge is -2.31. The van der Waals surface area contributed by atoms with Gasteiger partial charge >= 0.3 is 0 Å². The van der Waals surface area contributed by atoms with Gasteiger partial charge in [-0.25, -0.2) is 18.1 Å². The van der Waals surface area contributed by atoms with Gasteiger partial charge in [-0.05, 0) is 18.1 Å². The normalized spacial score (nSPS) is 21.6. The van der Waals surface area contributed by atoms with Crippen molar-refractivity contribution in [2.24, 2.45) is 0 Å². The first kappa shape index (κ1) is 18.2. The molecule has 6 nitrogen and oxygen atoms in total. The van der Waals surface area contributed by atoms with Gasteiger partial charge in [-0.15, -0.1) is 11.3 Å². The Labute approximate surface area is 151 Å². The highest BCUT2D eigenvalue weighted by Crippen LogP contribution is 2.16. The Morgan fingerprint density at radius 3 is 2.96 bits per heavy atom. The predicted molar refractivity (Wildman–Crippen MR) is 97.4 cm³/mol. The van der Waals surface area contributed by atoms with Crippen LogP contribution in [0.4, 0.5) is 0 Å². The quantitative estimate of drug-likeness (QED) is 0.798. The second-order valence-corrected chi connectivity index (χ2v) is 7.99. The van der Waals surface area contributed by atoms with E-state index in [-0.39, 0.29) is 6.10 Å². The van der Waals surface area contributed by atoms with Gasteiger partial charge < -0.3 is 9.47 Å². The Balaban J connectivity index is 1.60. The lowest BCUT2D eigenvalue weighted by Crippen LogP contribution is -2.49. The third kappa shape index (κ3) is 5.72. The van der Waals surface area contributed by atoms with Gasteiger partial charge in [0.05, 0.1) is 36.6 Å². The van der Waals surface area contributed by atoms with Crippen LogP contribution in [0.25, 0.3) is 6.08 Å². The first-order valence-electron chi connectivity index (χ1n) is 7.94. The SMILES string of the molecule is O=S(=O)(C=Cc1ccccc1)N[C@@H]1COCC[C@@H]1OCc1cscn1. The molecule has 0 amide bonds. The summed E-state index contributed by atoms with van der Waals surface area (Å²) in [6.45, 7) is 1.21. The summed E-state index contributed by atoms with van der Waals surface area (Å²) < 4.78 is 38.6. The second kappa shape index (κ2) is 8.68. The third-order valence-corrected chi connectivity index (χ3v) is 5.54. The molecule has 2 atom stereocenters. The second-order valence-electron chi connectivity index (χ2n) is 5.68. The molecule has 0 saturated carbocycles. The maximum Gasteiger partial charge on any atom is 0.234 e. The Morgan fingerprint density at radius 1 is 1.36 bits per heavy atom. The average Bonchev–Trinajstić information content (AvgIpc) is 3.14. The lowest BCUT2D eigenvalue weighted by atomic mass is 10.1. The van der Waals surface area contributed by atoms with E-state index in [9.17, 15) is 8.42 Å². The molecule has 0 radical (unpaired) electrons. The molecule has 1 saturated heterocycles. The molecule has 0 aliphatic carbocycles. The number of aromatic nitrogens is 1. The molecule has 0 bridgehead atoms. The standard InChI is InChI=1S/C17H20N2O4S2/c20-25(21,9-7-14-4-2-1-3-5-14)19-16-11-22-8-6-17(16)23-10-15-12-24-13-18-15/h1-5,7,9,12-13,16-17,19H,6,8,10-11H2/t16-,17+/m1/s1. The van der Waals surface area contributed by atoms with Gasteiger partial charge in [0.15, 0.2) is 0 Å². The van der Waals surface area contributed by atoms with Crippen molar-refractivity contribution in [3.63, 3.8) is 0 Å². The maximum absolute atomic E-state index is 12.3. The fourth-order valence-electron chi connectivity index (χ4n) is 2.51. The smallest absolute Gasteiger partial charge is 0.234 e. The van der Waals surface area contributed by atoms with Gasteiger partial charge in [0.1, 0.15) is 0 Å². The fraction of sp³-hybridized carbons (Fsp3) is 0.353. The number of sulfonamides is 1. The number of ether oxygens (including phenoxy) is 2. The number of rotatable bonds is 7. The Morgan fingerprint density at radius 2 is 2.20 bits per heavy atom. The fourth-order valence-corrected chi connectivity index (χ4v) is 4.11. The van der Waals surface area contributed by atoms with Crippen LogP contribution in [-0.4, -0.2) is 38.8 Å². The van der Waals surface area contributed by atoms with Gasteiger partial charge in [0.25, 0.3) is 0 Å². The summed E-state index contributed by atoms with van der Waals surface area (Å²) in [5.41, 5.74) is 3.42. The zero-order valence-corrected chi connectivity index (χ0v) is 15.2. The number of hydrogen-bond acceptors (Lipinski definition) is 6. The molecule has 2 heterocycles. The van der Waals surface area contributed by atoms with Gasteiger partial charge in [0, 0.05) is 17.4 Å². The molecule has 0 spiro atoms. The molecule has 1 aromatic heterocycles. The summed E-state index contributed by atoms with van der Waals surface area (Å²) in [6, 6.07) is 8.87. The molecule has 0 unspecified atom stereocenters. The minimum atomic E-state index is -3.59. The van der Waals surface area contributed by atoms with E-state index in [1.54, 1.807) is 11.6 Å². The number of benzene rings is 1. The minimum Gasteiger partial charge on any atom is -0.380 e. The molecule has 1 N–H and O–H groups in total. The van der Waals surface area contributed by atoms with Crippen LogP contribution in [0.3, 0.4) is 0 Å². The van der Waals surface area contributed by atoms with Crippen molar-refractivity contribution < 1.29 is 17.9 Å². The largest absolute Gasteiger partial charge is 0.380 e. The van der Waals surface area contributed by atoms with Crippen LogP contribution in [0.15, 0.2) is 46.6 Å². The molecule has 8 heteroatoms. The molecule has 134 valence electrons. The number of nitrogens with zero attached hydrogens (tertiary/aromatic N) is 1. The highest BCUT2D eigenvalue weighted by Gasteiger charge is 2.29. The van der Waals surface area contributed by atoms with E-state index in [0.717, 1.165) is 11.3 Å². The molecule has 3 rings (SSSR count). The zero-order chi connectivity index (χ0) is 17.5. The lowest BCUT2D eigenvalue weighted by molar-refractivity contribution is -0.0578. The van der Waals surface area contributed by atoms with Gasteiger partial charge in [-0.2, -0.15) is 0 Å². The number of thiazole rings is 1. The van der Waals surface area contributed by atoms with E-state index >= 15 is 0 Å². The predicted octanol–water partition coefficient (Wildman–Crippen LogP) is 2.41. The van der Waals surface area contributed by atoms with Crippen LogP contribution in [0.5, 0.6) is 0 Å². The summed E-state index contributed by atoms with van der Waals surface area (Å²) in [5, 5.41) is 3.09. The van der Waals surface area contributed by atoms with Crippen molar-refractivity contribution in [3.8, 4) is 0 Å². The molecule has 1 fully saturated rings. The van der Waals surface area contributed by atoms with E-state index < -0.39 is 16.1 Å². The first-order chi connectivity index (χ1) is 12.1. The van der Waals surface area contributed by atoms with Crippen molar-refractivity contribution in [1.82, 2.24) is 9.71 Å². The minimum absolute atomic E-state index is 0.240. The highest BCUT2D eigenvalue weighted by molar-refractivity contribution is 7.92. The van der Waals surface area contributed by atoms with Crippen LogP contribution >= 0.6 is 11.3 Å². The first-order valence-corrected chi connectivity index (χ1v) is 10.4. The van der Waals surface area contributed by atoms with E-state index in [0.29, 0.717) is 26.2 Å². The van der Waals surface area contributed by atoms with Crippen LogP contribution in [0.2, 0.25) is 0 Å². The molecule has 1 aliphatic heterocycles. The van der Waals surface area contributed by atoms with Crippen LogP contribution in [-0.2, 0) is 26.1 Å². The van der Waals surface area contributed by atoms with E-state index in [1.807, 2.05) is 35.7 Å². The molecular formula is C17H20N2O4S2. The molecule has 1 aliphatic rings. The summed E-state index contributed by atoms with van der Waals surface area (Å²) in [5.74, 6) is 0. The van der Waals surface area contributed by atoms with Crippen molar-refractivity contribution in [1.29, 1.82) is 0 Å². The molecule has 1 aromatic carbocycles. The Hall–Kier alpha value is -1.58. The van der Waals surface area contributed by atoms with E-state index in [2.05, 4.69) is 9.71 Å². The zero-order valence-electron chi connectivity index (χ0n) is 13.6. The van der Waals surface area contributed by atoms with Crippen LogP contribution in [0, 0.1) is 0 Å². The summed E-state index contributed by atoms with van der Waals surface area (Å²) in [4.78, 5) is 4.18. The topological polar surface area (TPSA) is 77.5 Å². The van der Waals surface area contributed by atoms with E-state index in [1.165, 1.54) is 16.7 Å². The highest BCUT2D eigenvalue weighted by atomic mass is 32.2. The maximum atomic E-state index is 12.3. The average molecular weight is 380 g/mol.